The van der Waals surface area contributed by atoms with Crippen molar-refractivity contribution in [3.8, 4) is 0 Å². The maximum absolute atomic E-state index is 11.6. The summed E-state index contributed by atoms with van der Waals surface area (Å²) in [6, 6.07) is 7.32. The molecule has 0 amide bonds. The van der Waals surface area contributed by atoms with Crippen molar-refractivity contribution in [1.29, 1.82) is 0 Å². The summed E-state index contributed by atoms with van der Waals surface area (Å²) >= 11 is 0. The highest BCUT2D eigenvalue weighted by Gasteiger charge is 2.23. The zero-order valence-corrected chi connectivity index (χ0v) is 8.26. The predicted molar refractivity (Wildman–Crippen MR) is 54.1 cm³/mol. The Bertz CT molecular complexity index is 535. The van der Waals surface area contributed by atoms with Gasteiger partial charge in [-0.3, -0.25) is 0 Å². The van der Waals surface area contributed by atoms with E-state index in [1.165, 1.54) is 16.1 Å². The first-order valence-corrected chi connectivity index (χ1v) is 4.75. The fraction of sp³-hybridized carbons (Fsp3) is 0.111. The molecule has 0 fully saturated rings. The molecule has 0 N–H and O–H groups in total. The molecule has 0 atom stereocenters. The SMILES string of the molecule is [O-][N+]1=NN(n2ccnn2)Cc2ccccc21. The number of hydrogen-bond acceptors (Lipinski definition) is 5. The van der Waals surface area contributed by atoms with Crippen LogP contribution in [0.1, 0.15) is 5.56 Å². The Labute approximate surface area is 90.7 Å². The minimum absolute atomic E-state index is 0.498. The average molecular weight is 216 g/mol. The van der Waals surface area contributed by atoms with Gasteiger partial charge in [-0.2, -0.15) is 0 Å². The Balaban J connectivity index is 2.03. The van der Waals surface area contributed by atoms with E-state index in [9.17, 15) is 5.21 Å². The molecule has 0 aliphatic carbocycles. The molecule has 80 valence electrons. The third-order valence-corrected chi connectivity index (χ3v) is 2.34. The number of benzene rings is 1. The Morgan fingerprint density at radius 3 is 3.00 bits per heavy atom. The van der Waals surface area contributed by atoms with Gasteiger partial charge >= 0.3 is 0 Å². The first-order chi connectivity index (χ1) is 7.84. The van der Waals surface area contributed by atoms with Crippen LogP contribution in [0, 0.1) is 5.21 Å². The van der Waals surface area contributed by atoms with Gasteiger partial charge in [0.15, 0.2) is 12.2 Å². The summed E-state index contributed by atoms with van der Waals surface area (Å²) in [5.41, 5.74) is 1.47. The van der Waals surface area contributed by atoms with Crippen LogP contribution in [-0.2, 0) is 6.54 Å². The van der Waals surface area contributed by atoms with Crippen molar-refractivity contribution in [3.63, 3.8) is 0 Å². The molecule has 0 radical (unpaired) electrons. The van der Waals surface area contributed by atoms with Gasteiger partial charge < -0.3 is 5.21 Å². The second-order valence-electron chi connectivity index (χ2n) is 3.34. The van der Waals surface area contributed by atoms with E-state index in [0.29, 0.717) is 17.1 Å². The predicted octanol–water partition coefficient (Wildman–Crippen LogP) is 0.939. The molecule has 1 aromatic carbocycles. The van der Waals surface area contributed by atoms with Crippen molar-refractivity contribution < 1.29 is 4.86 Å². The smallest absolute Gasteiger partial charge is 0.166 e. The highest BCUT2D eigenvalue weighted by atomic mass is 16.5. The lowest BCUT2D eigenvalue weighted by Gasteiger charge is -2.19. The zero-order chi connectivity index (χ0) is 11.0. The Kier molecular flexibility index (Phi) is 1.82. The van der Waals surface area contributed by atoms with Crippen LogP contribution in [-0.4, -0.2) is 20.0 Å². The minimum atomic E-state index is 0.498. The topological polar surface area (TPSA) is 72.4 Å². The van der Waals surface area contributed by atoms with E-state index in [4.69, 9.17) is 0 Å². The molecule has 7 nitrogen and oxygen atoms in total. The van der Waals surface area contributed by atoms with Crippen LogP contribution in [0.5, 0.6) is 0 Å². The summed E-state index contributed by atoms with van der Waals surface area (Å²) in [6.07, 6.45) is 3.16. The van der Waals surface area contributed by atoms with Crippen molar-refractivity contribution in [1.82, 2.24) is 15.1 Å². The van der Waals surface area contributed by atoms with E-state index < -0.39 is 0 Å². The van der Waals surface area contributed by atoms with E-state index in [1.54, 1.807) is 12.3 Å². The standard InChI is InChI=1S/C9H8N6O/c16-15-9-4-2-1-3-8(9)7-14(12-15)13-6-5-10-11-13/h1-6H,7H2. The van der Waals surface area contributed by atoms with Gasteiger partial charge in [0.25, 0.3) is 0 Å². The zero-order valence-electron chi connectivity index (χ0n) is 8.26. The van der Waals surface area contributed by atoms with Crippen LogP contribution >= 0.6 is 0 Å². The molecule has 7 heteroatoms. The number of aromatic nitrogens is 3. The lowest BCUT2D eigenvalue weighted by atomic mass is 10.2. The van der Waals surface area contributed by atoms with Crippen molar-refractivity contribution in [2.24, 2.45) is 5.22 Å². The molecule has 0 spiro atoms. The number of nitrogens with zero attached hydrogens (tertiary/aromatic N) is 6. The molecular formula is C9H8N6O. The number of para-hydroxylation sites is 1. The molecule has 0 saturated carbocycles. The summed E-state index contributed by atoms with van der Waals surface area (Å²) in [6.45, 7) is 0.498. The van der Waals surface area contributed by atoms with Gasteiger partial charge in [0.05, 0.1) is 12.4 Å². The van der Waals surface area contributed by atoms with Crippen molar-refractivity contribution in [2.75, 3.05) is 5.12 Å². The van der Waals surface area contributed by atoms with Crippen LogP contribution < -0.4 is 5.12 Å². The normalized spacial score (nSPS) is 14.5. The van der Waals surface area contributed by atoms with Crippen molar-refractivity contribution in [2.45, 2.75) is 6.54 Å². The number of rotatable bonds is 1. The molecule has 0 bridgehead atoms. The highest BCUT2D eigenvalue weighted by molar-refractivity contribution is 5.41. The third-order valence-electron chi connectivity index (χ3n) is 2.34. The lowest BCUT2D eigenvalue weighted by Crippen LogP contribution is -2.33. The molecule has 2 heterocycles. The van der Waals surface area contributed by atoms with Crippen LogP contribution in [0.15, 0.2) is 41.9 Å². The van der Waals surface area contributed by atoms with Gasteiger partial charge in [-0.25, -0.2) is 0 Å². The Morgan fingerprint density at radius 1 is 1.31 bits per heavy atom. The van der Waals surface area contributed by atoms with Crippen molar-refractivity contribution in [3.05, 3.63) is 47.4 Å². The molecule has 1 aliphatic heterocycles. The number of hydrogen-bond donors (Lipinski definition) is 0. The van der Waals surface area contributed by atoms with E-state index in [1.807, 2.05) is 18.2 Å². The second-order valence-corrected chi connectivity index (χ2v) is 3.34. The van der Waals surface area contributed by atoms with E-state index in [-0.39, 0.29) is 0 Å². The third kappa shape index (κ3) is 1.29. The van der Waals surface area contributed by atoms with Gasteiger partial charge in [-0.1, -0.05) is 23.0 Å². The molecule has 1 aromatic heterocycles. The fourth-order valence-corrected chi connectivity index (χ4v) is 1.60. The highest BCUT2D eigenvalue weighted by Crippen LogP contribution is 2.23. The van der Waals surface area contributed by atoms with E-state index in [0.717, 1.165) is 5.56 Å². The van der Waals surface area contributed by atoms with Crippen LogP contribution in [0.2, 0.25) is 0 Å². The van der Waals surface area contributed by atoms with Gasteiger partial charge in [0.1, 0.15) is 5.22 Å². The summed E-state index contributed by atoms with van der Waals surface area (Å²) in [5.74, 6) is 0. The molecule has 16 heavy (non-hydrogen) atoms. The number of fused-ring (bicyclic) bond motifs is 1. The molecule has 2 aromatic rings. The lowest BCUT2D eigenvalue weighted by molar-refractivity contribution is -0.450. The van der Waals surface area contributed by atoms with Gasteiger partial charge in [0.2, 0.25) is 0 Å². The van der Waals surface area contributed by atoms with Crippen LogP contribution in [0.3, 0.4) is 0 Å². The quantitative estimate of drug-likeness (QED) is 0.525. The maximum atomic E-state index is 11.6. The minimum Gasteiger partial charge on any atom is -0.691 e. The van der Waals surface area contributed by atoms with Gasteiger partial charge in [0, 0.05) is 5.56 Å². The van der Waals surface area contributed by atoms with Crippen molar-refractivity contribution >= 4 is 5.69 Å². The van der Waals surface area contributed by atoms with E-state index >= 15 is 0 Å². The second kappa shape index (κ2) is 3.30. The molecule has 1 aliphatic rings. The Morgan fingerprint density at radius 2 is 2.19 bits per heavy atom. The molecule has 3 rings (SSSR count). The molecule has 0 unspecified atom stereocenters. The molecule has 0 saturated heterocycles. The first-order valence-electron chi connectivity index (χ1n) is 4.75. The first kappa shape index (κ1) is 8.84. The van der Waals surface area contributed by atoms with Gasteiger partial charge in [-0.05, 0) is 16.4 Å². The monoisotopic (exact) mass is 216 g/mol. The average Bonchev–Trinajstić information content (AvgIpc) is 2.82. The maximum Gasteiger partial charge on any atom is 0.166 e. The van der Waals surface area contributed by atoms with Crippen LogP contribution in [0.25, 0.3) is 0 Å². The summed E-state index contributed by atoms with van der Waals surface area (Å²) in [7, 11) is 0. The fourth-order valence-electron chi connectivity index (χ4n) is 1.60. The molecular weight excluding hydrogens is 208 g/mol. The van der Waals surface area contributed by atoms with Gasteiger partial charge in [-0.15, -0.1) is 9.96 Å². The summed E-state index contributed by atoms with van der Waals surface area (Å²) in [5, 5.41) is 24.4. The van der Waals surface area contributed by atoms with E-state index in [2.05, 4.69) is 15.5 Å². The Hall–Kier alpha value is -2.44. The van der Waals surface area contributed by atoms with Crippen LogP contribution in [0.4, 0.5) is 5.69 Å². The summed E-state index contributed by atoms with van der Waals surface area (Å²) < 4.78 is 0. The summed E-state index contributed by atoms with van der Waals surface area (Å²) in [4.78, 5) is 2.00. The largest absolute Gasteiger partial charge is 0.691 e.